The molecule has 0 fully saturated rings. The van der Waals surface area contributed by atoms with Gasteiger partial charge >= 0.3 is 5.97 Å². The lowest BCUT2D eigenvalue weighted by atomic mass is 9.79. The SMILES string of the molecule is CCNC(=O)CN(CC)C(=O)CC(CC)(CC)C(=O)O. The summed E-state index contributed by atoms with van der Waals surface area (Å²) in [6.07, 6.45) is 0.717. The number of carbonyl (C=O) groups excluding carboxylic acids is 2. The lowest BCUT2D eigenvalue weighted by Crippen LogP contribution is -2.43. The van der Waals surface area contributed by atoms with E-state index < -0.39 is 11.4 Å². The van der Waals surface area contributed by atoms with Crippen LogP contribution in [0.5, 0.6) is 0 Å². The van der Waals surface area contributed by atoms with Crippen molar-refractivity contribution in [3.8, 4) is 0 Å². The van der Waals surface area contributed by atoms with Gasteiger partial charge in [0.15, 0.2) is 0 Å². The molecule has 6 heteroatoms. The van der Waals surface area contributed by atoms with Crippen LogP contribution >= 0.6 is 0 Å². The van der Waals surface area contributed by atoms with Crippen molar-refractivity contribution in [2.24, 2.45) is 5.41 Å². The number of likely N-dealkylation sites (N-methyl/N-ethyl adjacent to an activating group) is 2. The normalized spacial score (nSPS) is 11.0. The summed E-state index contributed by atoms with van der Waals surface area (Å²) in [5, 5.41) is 12.0. The number of aliphatic carboxylic acids is 1. The largest absolute Gasteiger partial charge is 0.481 e. The van der Waals surface area contributed by atoms with Crippen molar-refractivity contribution in [1.82, 2.24) is 10.2 Å². The minimum Gasteiger partial charge on any atom is -0.481 e. The van der Waals surface area contributed by atoms with E-state index in [9.17, 15) is 19.5 Å². The van der Waals surface area contributed by atoms with Crippen molar-refractivity contribution in [2.75, 3.05) is 19.6 Å². The molecule has 0 radical (unpaired) electrons. The maximum atomic E-state index is 12.2. The smallest absolute Gasteiger partial charge is 0.310 e. The summed E-state index contributed by atoms with van der Waals surface area (Å²) < 4.78 is 0. The molecule has 0 aromatic carbocycles. The van der Waals surface area contributed by atoms with Crippen LogP contribution in [0.1, 0.15) is 47.0 Å². The van der Waals surface area contributed by atoms with Crippen molar-refractivity contribution >= 4 is 17.8 Å². The van der Waals surface area contributed by atoms with Gasteiger partial charge in [0.25, 0.3) is 0 Å². The molecule has 0 aliphatic heterocycles. The highest BCUT2D eigenvalue weighted by Gasteiger charge is 2.38. The standard InChI is InChI=1S/C14H26N2O4/c1-5-14(6-2,13(19)20)9-12(18)16(8-4)10-11(17)15-7-3/h5-10H2,1-4H3,(H,15,17)(H,19,20). The second kappa shape index (κ2) is 8.55. The monoisotopic (exact) mass is 286 g/mol. The number of nitrogens with zero attached hydrogens (tertiary/aromatic N) is 1. The molecule has 0 aliphatic carbocycles. The summed E-state index contributed by atoms with van der Waals surface area (Å²) in [6, 6.07) is 0. The van der Waals surface area contributed by atoms with Crippen LogP contribution in [0.15, 0.2) is 0 Å². The van der Waals surface area contributed by atoms with E-state index in [1.165, 1.54) is 4.90 Å². The van der Waals surface area contributed by atoms with E-state index in [0.717, 1.165) is 0 Å². The average molecular weight is 286 g/mol. The Morgan fingerprint density at radius 1 is 1.10 bits per heavy atom. The third-order valence-corrected chi connectivity index (χ3v) is 3.74. The Bertz CT molecular complexity index is 351. The summed E-state index contributed by atoms with van der Waals surface area (Å²) in [7, 11) is 0. The Kier molecular flexibility index (Phi) is 7.87. The lowest BCUT2D eigenvalue weighted by Gasteiger charge is -2.29. The fourth-order valence-corrected chi connectivity index (χ4v) is 2.08. The van der Waals surface area contributed by atoms with Gasteiger partial charge in [-0.25, -0.2) is 0 Å². The van der Waals surface area contributed by atoms with Crippen LogP contribution < -0.4 is 5.32 Å². The molecule has 2 amide bonds. The highest BCUT2D eigenvalue weighted by Crippen LogP contribution is 2.31. The quantitative estimate of drug-likeness (QED) is 0.668. The highest BCUT2D eigenvalue weighted by atomic mass is 16.4. The van der Waals surface area contributed by atoms with Crippen LogP contribution in [0, 0.1) is 5.41 Å². The first kappa shape index (κ1) is 18.4. The molecular formula is C14H26N2O4. The molecule has 0 spiro atoms. The second-order valence-corrected chi connectivity index (χ2v) is 4.83. The van der Waals surface area contributed by atoms with Gasteiger partial charge in [-0.2, -0.15) is 0 Å². The molecule has 0 heterocycles. The van der Waals surface area contributed by atoms with Crippen LogP contribution in [-0.4, -0.2) is 47.4 Å². The first-order valence-electron chi connectivity index (χ1n) is 7.14. The number of amides is 2. The van der Waals surface area contributed by atoms with Gasteiger partial charge in [-0.15, -0.1) is 0 Å². The number of carboxylic acid groups (broad SMARTS) is 1. The molecule has 0 aromatic heterocycles. The third-order valence-electron chi connectivity index (χ3n) is 3.74. The van der Waals surface area contributed by atoms with Crippen molar-refractivity contribution in [3.63, 3.8) is 0 Å². The van der Waals surface area contributed by atoms with Crippen LogP contribution in [0.4, 0.5) is 0 Å². The van der Waals surface area contributed by atoms with Gasteiger partial charge in [0, 0.05) is 19.5 Å². The van der Waals surface area contributed by atoms with Crippen molar-refractivity contribution < 1.29 is 19.5 Å². The van der Waals surface area contributed by atoms with Crippen LogP contribution in [0.2, 0.25) is 0 Å². The Balaban J connectivity index is 4.84. The summed E-state index contributed by atoms with van der Waals surface area (Å²) >= 11 is 0. The van der Waals surface area contributed by atoms with Crippen LogP contribution in [0.25, 0.3) is 0 Å². The molecule has 0 saturated carbocycles. The minimum atomic E-state index is -1.04. The Morgan fingerprint density at radius 2 is 1.65 bits per heavy atom. The minimum absolute atomic E-state index is 0.0215. The first-order valence-corrected chi connectivity index (χ1v) is 7.14. The molecule has 0 aliphatic rings. The van der Waals surface area contributed by atoms with Gasteiger partial charge in [-0.1, -0.05) is 13.8 Å². The number of rotatable bonds is 9. The predicted octanol–water partition coefficient (Wildman–Crippen LogP) is 1.25. The molecule has 0 saturated heterocycles. The molecule has 20 heavy (non-hydrogen) atoms. The highest BCUT2D eigenvalue weighted by molar-refractivity contribution is 5.88. The zero-order chi connectivity index (χ0) is 15.8. The van der Waals surface area contributed by atoms with Gasteiger partial charge in [-0.3, -0.25) is 14.4 Å². The van der Waals surface area contributed by atoms with E-state index in [1.54, 1.807) is 27.7 Å². The number of carbonyl (C=O) groups is 3. The Morgan fingerprint density at radius 3 is 2.00 bits per heavy atom. The van der Waals surface area contributed by atoms with Gasteiger partial charge in [0.05, 0.1) is 12.0 Å². The number of hydrogen-bond donors (Lipinski definition) is 2. The average Bonchev–Trinajstić information content (AvgIpc) is 2.41. The third kappa shape index (κ3) is 4.83. The van der Waals surface area contributed by atoms with Crippen LogP contribution in [0.3, 0.4) is 0 Å². The number of hydrogen-bond acceptors (Lipinski definition) is 3. The van der Waals surface area contributed by atoms with Gasteiger partial charge in [0.2, 0.25) is 11.8 Å². The maximum absolute atomic E-state index is 12.2. The number of nitrogens with one attached hydrogen (secondary N) is 1. The molecule has 2 N–H and O–H groups in total. The summed E-state index contributed by atoms with van der Waals surface area (Å²) in [4.78, 5) is 36.6. The molecule has 116 valence electrons. The van der Waals surface area contributed by atoms with E-state index in [-0.39, 0.29) is 24.8 Å². The molecule has 0 unspecified atom stereocenters. The zero-order valence-corrected chi connectivity index (χ0v) is 12.9. The topological polar surface area (TPSA) is 86.7 Å². The molecule has 0 atom stereocenters. The zero-order valence-electron chi connectivity index (χ0n) is 12.9. The lowest BCUT2D eigenvalue weighted by molar-refractivity contribution is -0.154. The van der Waals surface area contributed by atoms with Crippen molar-refractivity contribution in [2.45, 2.75) is 47.0 Å². The number of carboxylic acids is 1. The predicted molar refractivity (Wildman–Crippen MR) is 76.2 cm³/mol. The molecule has 0 bridgehead atoms. The molecule has 6 nitrogen and oxygen atoms in total. The Labute approximate surface area is 120 Å². The van der Waals surface area contributed by atoms with E-state index >= 15 is 0 Å². The molecule has 0 rings (SSSR count). The van der Waals surface area contributed by atoms with E-state index in [2.05, 4.69) is 5.32 Å². The Hall–Kier alpha value is -1.59. The summed E-state index contributed by atoms with van der Waals surface area (Å²) in [5.74, 6) is -1.47. The second-order valence-electron chi connectivity index (χ2n) is 4.83. The van der Waals surface area contributed by atoms with E-state index in [4.69, 9.17) is 0 Å². The van der Waals surface area contributed by atoms with Crippen molar-refractivity contribution in [3.05, 3.63) is 0 Å². The molecular weight excluding hydrogens is 260 g/mol. The molecule has 0 aromatic rings. The summed E-state index contributed by atoms with van der Waals surface area (Å²) in [5.41, 5.74) is -1.04. The fraction of sp³-hybridized carbons (Fsp3) is 0.786. The van der Waals surface area contributed by atoms with Gasteiger partial charge < -0.3 is 15.3 Å². The van der Waals surface area contributed by atoms with E-state index in [0.29, 0.717) is 25.9 Å². The summed E-state index contributed by atoms with van der Waals surface area (Å²) in [6.45, 7) is 7.99. The van der Waals surface area contributed by atoms with E-state index in [1.807, 2.05) is 0 Å². The first-order chi connectivity index (χ1) is 9.36. The maximum Gasteiger partial charge on any atom is 0.310 e. The van der Waals surface area contributed by atoms with Crippen molar-refractivity contribution in [1.29, 1.82) is 0 Å². The van der Waals surface area contributed by atoms with Crippen LogP contribution in [-0.2, 0) is 14.4 Å². The fourth-order valence-electron chi connectivity index (χ4n) is 2.08. The van der Waals surface area contributed by atoms with Gasteiger partial charge in [-0.05, 0) is 26.7 Å². The van der Waals surface area contributed by atoms with Gasteiger partial charge in [0.1, 0.15) is 0 Å².